The Morgan fingerprint density at radius 3 is 2.43 bits per heavy atom. The number of aryl methyl sites for hydroxylation is 4. The summed E-state index contributed by atoms with van der Waals surface area (Å²) < 4.78 is 1.27. The lowest BCUT2D eigenvalue weighted by Crippen LogP contribution is -2.22. The molecule has 178 valence electrons. The zero-order valence-corrected chi connectivity index (χ0v) is 20.7. The smallest absolute Gasteiger partial charge is 0.265 e. The minimum Gasteiger partial charge on any atom is -0.494 e. The van der Waals surface area contributed by atoms with Crippen LogP contribution < -0.4 is 11.0 Å². The standard InChI is InChI=1S/C26H25N5O3S/c1-15-9-10-22(16(2)11-15)31-24(33)20-8-6-5-7-19(20)21(25(31)34)13-27-30-23(32)14-35-26-28-17(3)12-18(4)29-26/h5-13,34H,14H2,1-4H3,(H,30,32)/b27-13-. The highest BCUT2D eigenvalue weighted by molar-refractivity contribution is 7.99. The largest absolute Gasteiger partial charge is 0.494 e. The molecule has 2 aromatic carbocycles. The number of nitrogens with one attached hydrogen (secondary N) is 1. The summed E-state index contributed by atoms with van der Waals surface area (Å²) >= 11 is 1.21. The van der Waals surface area contributed by atoms with Crippen molar-refractivity contribution in [2.24, 2.45) is 5.10 Å². The summed E-state index contributed by atoms with van der Waals surface area (Å²) in [6, 6.07) is 14.5. The fourth-order valence-electron chi connectivity index (χ4n) is 3.86. The van der Waals surface area contributed by atoms with Crippen LogP contribution in [-0.2, 0) is 4.79 Å². The Kier molecular flexibility index (Phi) is 6.97. The topological polar surface area (TPSA) is 109 Å². The van der Waals surface area contributed by atoms with E-state index in [2.05, 4.69) is 20.5 Å². The van der Waals surface area contributed by atoms with Gasteiger partial charge in [-0.15, -0.1) is 0 Å². The van der Waals surface area contributed by atoms with Crippen molar-refractivity contribution in [1.29, 1.82) is 0 Å². The summed E-state index contributed by atoms with van der Waals surface area (Å²) in [5.41, 5.74) is 6.60. The van der Waals surface area contributed by atoms with Crippen molar-refractivity contribution in [2.45, 2.75) is 32.9 Å². The van der Waals surface area contributed by atoms with Crippen LogP contribution in [0.15, 0.2) is 63.6 Å². The average Bonchev–Trinajstić information content (AvgIpc) is 2.80. The van der Waals surface area contributed by atoms with E-state index < -0.39 is 0 Å². The predicted octanol–water partition coefficient (Wildman–Crippen LogP) is 3.96. The van der Waals surface area contributed by atoms with Crippen LogP contribution in [0, 0.1) is 27.7 Å². The van der Waals surface area contributed by atoms with E-state index in [-0.39, 0.29) is 23.1 Å². The Labute approximate surface area is 206 Å². The van der Waals surface area contributed by atoms with Crippen molar-refractivity contribution in [3.8, 4) is 11.6 Å². The van der Waals surface area contributed by atoms with Crippen molar-refractivity contribution < 1.29 is 9.90 Å². The molecule has 35 heavy (non-hydrogen) atoms. The number of carbonyl (C=O) groups excluding carboxylic acids is 1. The van der Waals surface area contributed by atoms with Gasteiger partial charge in [-0.25, -0.2) is 20.0 Å². The molecule has 0 saturated heterocycles. The highest BCUT2D eigenvalue weighted by Gasteiger charge is 2.17. The third-order valence-electron chi connectivity index (χ3n) is 5.37. The van der Waals surface area contributed by atoms with Crippen molar-refractivity contribution in [3.05, 3.63) is 87.0 Å². The van der Waals surface area contributed by atoms with Crippen LogP contribution in [0.25, 0.3) is 16.5 Å². The van der Waals surface area contributed by atoms with Crippen molar-refractivity contribution in [2.75, 3.05) is 5.75 Å². The van der Waals surface area contributed by atoms with Crippen molar-refractivity contribution >= 4 is 34.7 Å². The van der Waals surface area contributed by atoms with E-state index >= 15 is 0 Å². The number of aromatic hydroxyl groups is 1. The molecule has 0 saturated carbocycles. The fourth-order valence-corrected chi connectivity index (χ4v) is 4.60. The third kappa shape index (κ3) is 5.25. The quantitative estimate of drug-likeness (QED) is 0.184. The van der Waals surface area contributed by atoms with Gasteiger partial charge in [0.05, 0.1) is 23.2 Å². The van der Waals surface area contributed by atoms with Crippen LogP contribution in [0.2, 0.25) is 0 Å². The second kappa shape index (κ2) is 10.1. The molecule has 9 heteroatoms. The number of carbonyl (C=O) groups is 1. The van der Waals surface area contributed by atoms with Gasteiger partial charge in [0.1, 0.15) is 0 Å². The van der Waals surface area contributed by atoms with Crippen molar-refractivity contribution in [3.63, 3.8) is 0 Å². The number of amides is 1. The minimum atomic E-state index is -0.347. The van der Waals surface area contributed by atoms with Gasteiger partial charge in [-0.3, -0.25) is 9.59 Å². The van der Waals surface area contributed by atoms with E-state index in [1.807, 2.05) is 45.9 Å². The predicted molar refractivity (Wildman–Crippen MR) is 139 cm³/mol. The van der Waals surface area contributed by atoms with Crippen molar-refractivity contribution in [1.82, 2.24) is 20.0 Å². The molecule has 4 rings (SSSR count). The van der Waals surface area contributed by atoms with Gasteiger partial charge < -0.3 is 5.11 Å². The van der Waals surface area contributed by atoms with E-state index in [0.29, 0.717) is 27.2 Å². The molecule has 0 aliphatic rings. The first-order chi connectivity index (χ1) is 16.7. The van der Waals surface area contributed by atoms with Crippen LogP contribution in [0.5, 0.6) is 5.88 Å². The van der Waals surface area contributed by atoms with Gasteiger partial charge >= 0.3 is 0 Å². The molecule has 2 N–H and O–H groups in total. The number of hydrazone groups is 1. The summed E-state index contributed by atoms with van der Waals surface area (Å²) in [6.07, 6.45) is 1.35. The van der Waals surface area contributed by atoms with Gasteiger partial charge in [-0.05, 0) is 51.5 Å². The van der Waals surface area contributed by atoms with E-state index in [0.717, 1.165) is 22.5 Å². The summed E-state index contributed by atoms with van der Waals surface area (Å²) in [7, 11) is 0. The number of rotatable bonds is 6. The molecule has 0 unspecified atom stereocenters. The molecule has 0 aliphatic carbocycles. The maximum Gasteiger partial charge on any atom is 0.265 e. The molecule has 4 aromatic rings. The molecule has 0 fully saturated rings. The zero-order chi connectivity index (χ0) is 25.1. The molecule has 0 spiro atoms. The highest BCUT2D eigenvalue weighted by Crippen LogP contribution is 2.27. The van der Waals surface area contributed by atoms with E-state index in [4.69, 9.17) is 0 Å². The van der Waals surface area contributed by atoms with E-state index in [9.17, 15) is 14.7 Å². The molecule has 0 bridgehead atoms. The average molecular weight is 488 g/mol. The maximum atomic E-state index is 13.3. The molecule has 0 aliphatic heterocycles. The Hall–Kier alpha value is -3.98. The summed E-state index contributed by atoms with van der Waals surface area (Å²) in [6.45, 7) is 7.59. The number of thioether (sulfide) groups is 1. The molecule has 2 heterocycles. The van der Waals surface area contributed by atoms with E-state index in [1.165, 1.54) is 22.5 Å². The first kappa shape index (κ1) is 24.2. The lowest BCUT2D eigenvalue weighted by molar-refractivity contribution is -0.118. The molecule has 1 amide bonds. The maximum absolute atomic E-state index is 13.3. The second-order valence-electron chi connectivity index (χ2n) is 8.23. The summed E-state index contributed by atoms with van der Waals surface area (Å²) in [5, 5.41) is 16.7. The number of fused-ring (bicyclic) bond motifs is 1. The number of hydrogen-bond donors (Lipinski definition) is 2. The summed E-state index contributed by atoms with van der Waals surface area (Å²) in [4.78, 5) is 34.2. The normalized spacial score (nSPS) is 11.3. The van der Waals surface area contributed by atoms with Gasteiger partial charge in [-0.2, -0.15) is 5.10 Å². The molecular weight excluding hydrogens is 462 g/mol. The number of pyridine rings is 1. The number of nitrogens with zero attached hydrogens (tertiary/aromatic N) is 4. The molecule has 8 nitrogen and oxygen atoms in total. The minimum absolute atomic E-state index is 0.0784. The van der Waals surface area contributed by atoms with Crippen LogP contribution in [-0.4, -0.2) is 37.5 Å². The lowest BCUT2D eigenvalue weighted by atomic mass is 10.1. The monoisotopic (exact) mass is 487 g/mol. The third-order valence-corrected chi connectivity index (χ3v) is 6.22. The van der Waals surface area contributed by atoms with Gasteiger partial charge in [0, 0.05) is 22.2 Å². The fraction of sp³-hybridized carbons (Fsp3) is 0.192. The number of aromatic nitrogens is 3. The first-order valence-corrected chi connectivity index (χ1v) is 11.9. The highest BCUT2D eigenvalue weighted by atomic mass is 32.2. The van der Waals surface area contributed by atoms with Crippen LogP contribution in [0.3, 0.4) is 0 Å². The Morgan fingerprint density at radius 1 is 1.06 bits per heavy atom. The summed E-state index contributed by atoms with van der Waals surface area (Å²) in [5.74, 6) is -0.521. The van der Waals surface area contributed by atoms with Crippen LogP contribution in [0.1, 0.15) is 28.1 Å². The van der Waals surface area contributed by atoms with Gasteiger partial charge in [0.2, 0.25) is 5.88 Å². The van der Waals surface area contributed by atoms with Gasteiger partial charge in [0.15, 0.2) is 5.16 Å². The molecule has 0 radical (unpaired) electrons. The molecule has 0 atom stereocenters. The molecule has 2 aromatic heterocycles. The van der Waals surface area contributed by atoms with E-state index in [1.54, 1.807) is 30.3 Å². The van der Waals surface area contributed by atoms with Gasteiger partial charge in [-0.1, -0.05) is 47.7 Å². The Morgan fingerprint density at radius 2 is 1.74 bits per heavy atom. The number of benzene rings is 2. The van der Waals surface area contributed by atoms with Crippen LogP contribution in [0.4, 0.5) is 0 Å². The second-order valence-corrected chi connectivity index (χ2v) is 9.17. The van der Waals surface area contributed by atoms with Gasteiger partial charge in [0.25, 0.3) is 11.5 Å². The first-order valence-electron chi connectivity index (χ1n) is 11.0. The lowest BCUT2D eigenvalue weighted by Gasteiger charge is -2.15. The zero-order valence-electron chi connectivity index (χ0n) is 19.9. The van der Waals surface area contributed by atoms with Crippen LogP contribution >= 0.6 is 11.8 Å². The SMILES string of the molecule is Cc1ccc(-n2c(O)c(/C=N\NC(=O)CSc3nc(C)cc(C)n3)c3ccccc3c2=O)c(C)c1. The Balaban J connectivity index is 1.63. The molecular formula is C26H25N5O3S. The number of hydrogen-bond acceptors (Lipinski definition) is 7. The Bertz CT molecular complexity index is 1510.